The molecule has 0 spiro atoms. The summed E-state index contributed by atoms with van der Waals surface area (Å²) in [6, 6.07) is 16.1. The van der Waals surface area contributed by atoms with Crippen molar-refractivity contribution >= 4 is 29.3 Å². The summed E-state index contributed by atoms with van der Waals surface area (Å²) in [6.07, 6.45) is -1.02. The minimum Gasteiger partial charge on any atom is -0.481 e. The maximum atomic E-state index is 10.9. The van der Waals surface area contributed by atoms with Crippen molar-refractivity contribution in [2.45, 2.75) is 11.3 Å². The highest BCUT2D eigenvalue weighted by atomic mass is 35.5. The molecule has 0 fully saturated rings. The number of aliphatic carboxylic acids is 1. The smallest absolute Gasteiger partial charge is 0.313 e. The number of thioether (sulfide) groups is 1. The number of aliphatic hydroxyl groups excluding tert-OH is 1. The molecular weight excluding hydrogens is 362 g/mol. The molecule has 0 unspecified atom stereocenters. The van der Waals surface area contributed by atoms with Crippen molar-refractivity contribution in [3.63, 3.8) is 0 Å². The van der Waals surface area contributed by atoms with Crippen LogP contribution in [0, 0.1) is 0 Å². The topological polar surface area (TPSA) is 88.2 Å². The SMILES string of the molecule is O=C(O)CSc1nnc([C@@H](O)c2ccccc2)n1-c1ccccc1Cl. The Bertz CT molecular complexity index is 886. The Balaban J connectivity index is 2.09. The van der Waals surface area contributed by atoms with Crippen molar-refractivity contribution in [3.05, 3.63) is 71.0 Å². The second kappa shape index (κ2) is 7.69. The first kappa shape index (κ1) is 17.5. The van der Waals surface area contributed by atoms with Gasteiger partial charge in [0.2, 0.25) is 0 Å². The summed E-state index contributed by atoms with van der Waals surface area (Å²) in [5.41, 5.74) is 1.23. The molecule has 0 amide bonds. The van der Waals surface area contributed by atoms with E-state index in [-0.39, 0.29) is 11.6 Å². The van der Waals surface area contributed by atoms with Gasteiger partial charge in [-0.25, -0.2) is 0 Å². The molecule has 0 saturated carbocycles. The maximum Gasteiger partial charge on any atom is 0.313 e. The zero-order valence-corrected chi connectivity index (χ0v) is 14.5. The van der Waals surface area contributed by atoms with E-state index in [1.807, 2.05) is 18.2 Å². The molecule has 0 bridgehead atoms. The van der Waals surface area contributed by atoms with Gasteiger partial charge in [0, 0.05) is 0 Å². The Morgan fingerprint density at radius 2 is 1.80 bits per heavy atom. The van der Waals surface area contributed by atoms with E-state index in [0.717, 1.165) is 11.8 Å². The van der Waals surface area contributed by atoms with Gasteiger partial charge in [0.25, 0.3) is 0 Å². The molecule has 0 aliphatic heterocycles. The molecule has 0 saturated heterocycles. The second-order valence-electron chi connectivity index (χ2n) is 5.12. The lowest BCUT2D eigenvalue weighted by Crippen LogP contribution is -2.10. The molecule has 0 aliphatic carbocycles. The summed E-state index contributed by atoms with van der Waals surface area (Å²) in [4.78, 5) is 10.9. The second-order valence-corrected chi connectivity index (χ2v) is 6.47. The van der Waals surface area contributed by atoms with E-state index in [4.69, 9.17) is 16.7 Å². The monoisotopic (exact) mass is 375 g/mol. The zero-order valence-electron chi connectivity index (χ0n) is 12.9. The normalized spacial score (nSPS) is 12.1. The van der Waals surface area contributed by atoms with Gasteiger partial charge in [-0.15, -0.1) is 10.2 Å². The average molecular weight is 376 g/mol. The van der Waals surface area contributed by atoms with Crippen molar-refractivity contribution in [1.29, 1.82) is 0 Å². The number of carboxylic acid groups (broad SMARTS) is 1. The molecule has 1 atom stereocenters. The summed E-state index contributed by atoms with van der Waals surface area (Å²) in [5, 5.41) is 28.6. The third kappa shape index (κ3) is 3.84. The predicted octanol–water partition coefficient (Wildman–Crippen LogP) is 3.18. The van der Waals surface area contributed by atoms with E-state index in [0.29, 0.717) is 21.4 Å². The van der Waals surface area contributed by atoms with Gasteiger partial charge in [0.1, 0.15) is 6.10 Å². The van der Waals surface area contributed by atoms with Crippen molar-refractivity contribution < 1.29 is 15.0 Å². The molecule has 0 radical (unpaired) electrons. The molecule has 8 heteroatoms. The summed E-state index contributed by atoms with van der Waals surface area (Å²) >= 11 is 7.30. The molecule has 3 rings (SSSR count). The highest BCUT2D eigenvalue weighted by Crippen LogP contribution is 2.31. The van der Waals surface area contributed by atoms with Gasteiger partial charge in [0.15, 0.2) is 11.0 Å². The van der Waals surface area contributed by atoms with E-state index in [1.54, 1.807) is 41.0 Å². The van der Waals surface area contributed by atoms with Crippen molar-refractivity contribution in [3.8, 4) is 5.69 Å². The first-order valence-electron chi connectivity index (χ1n) is 7.35. The number of carbonyl (C=O) groups is 1. The fourth-order valence-electron chi connectivity index (χ4n) is 2.32. The fraction of sp³-hybridized carbons (Fsp3) is 0.118. The van der Waals surface area contributed by atoms with Gasteiger partial charge < -0.3 is 10.2 Å². The van der Waals surface area contributed by atoms with E-state index in [2.05, 4.69) is 10.2 Å². The van der Waals surface area contributed by atoms with Crippen LogP contribution in [0.15, 0.2) is 59.8 Å². The van der Waals surface area contributed by atoms with E-state index in [1.165, 1.54) is 0 Å². The van der Waals surface area contributed by atoms with Crippen LogP contribution in [0.4, 0.5) is 0 Å². The summed E-state index contributed by atoms with van der Waals surface area (Å²) < 4.78 is 1.59. The van der Waals surface area contributed by atoms with E-state index < -0.39 is 12.1 Å². The minimum atomic E-state index is -1.02. The number of hydrogen-bond acceptors (Lipinski definition) is 5. The number of nitrogens with zero attached hydrogens (tertiary/aromatic N) is 3. The Labute approximate surface area is 153 Å². The molecule has 2 N–H and O–H groups in total. The first-order chi connectivity index (χ1) is 12.1. The minimum absolute atomic E-state index is 0.177. The van der Waals surface area contributed by atoms with Crippen LogP contribution in [-0.2, 0) is 4.79 Å². The van der Waals surface area contributed by atoms with E-state index >= 15 is 0 Å². The molecule has 6 nitrogen and oxygen atoms in total. The van der Waals surface area contributed by atoms with Gasteiger partial charge in [-0.2, -0.15) is 0 Å². The van der Waals surface area contributed by atoms with Gasteiger partial charge >= 0.3 is 5.97 Å². The molecule has 25 heavy (non-hydrogen) atoms. The Morgan fingerprint density at radius 1 is 1.12 bits per heavy atom. The van der Waals surface area contributed by atoms with Gasteiger partial charge in [-0.05, 0) is 17.7 Å². The Morgan fingerprint density at radius 3 is 2.48 bits per heavy atom. The lowest BCUT2D eigenvalue weighted by Gasteiger charge is -2.15. The van der Waals surface area contributed by atoms with Crippen molar-refractivity contribution in [2.24, 2.45) is 0 Å². The quantitative estimate of drug-likeness (QED) is 0.643. The number of halogens is 1. The summed E-state index contributed by atoms with van der Waals surface area (Å²) in [5.74, 6) is -0.875. The lowest BCUT2D eigenvalue weighted by atomic mass is 10.1. The van der Waals surface area contributed by atoms with Crippen molar-refractivity contribution in [2.75, 3.05) is 5.75 Å². The highest BCUT2D eigenvalue weighted by molar-refractivity contribution is 7.99. The van der Waals surface area contributed by atoms with Crippen LogP contribution >= 0.6 is 23.4 Å². The standard InChI is InChI=1S/C17H14ClN3O3S/c18-12-8-4-5-9-13(12)21-16(15(24)11-6-2-1-3-7-11)19-20-17(21)25-10-14(22)23/h1-9,15,24H,10H2,(H,22,23)/t15-/m0/s1. The van der Waals surface area contributed by atoms with E-state index in [9.17, 15) is 9.90 Å². The van der Waals surface area contributed by atoms with Crippen LogP contribution < -0.4 is 0 Å². The van der Waals surface area contributed by atoms with Crippen LogP contribution in [-0.4, -0.2) is 36.7 Å². The number of rotatable bonds is 6. The third-order valence-corrected chi connectivity index (χ3v) is 4.67. The van der Waals surface area contributed by atoms with Crippen molar-refractivity contribution in [1.82, 2.24) is 14.8 Å². The number of aliphatic hydroxyl groups is 1. The highest BCUT2D eigenvalue weighted by Gasteiger charge is 2.23. The molecule has 0 aliphatic rings. The lowest BCUT2D eigenvalue weighted by molar-refractivity contribution is -0.133. The maximum absolute atomic E-state index is 10.9. The fourth-order valence-corrected chi connectivity index (χ4v) is 3.21. The number of benzene rings is 2. The number of aromatic nitrogens is 3. The Kier molecular flexibility index (Phi) is 5.37. The summed E-state index contributed by atoms with van der Waals surface area (Å²) in [7, 11) is 0. The molecule has 128 valence electrons. The summed E-state index contributed by atoms with van der Waals surface area (Å²) in [6.45, 7) is 0. The molecule has 2 aromatic carbocycles. The number of carboxylic acids is 1. The van der Waals surface area contributed by atoms with Crippen LogP contribution in [0.25, 0.3) is 5.69 Å². The van der Waals surface area contributed by atoms with Gasteiger partial charge in [0.05, 0.1) is 16.5 Å². The van der Waals surface area contributed by atoms with Crippen LogP contribution in [0.5, 0.6) is 0 Å². The average Bonchev–Trinajstić information content (AvgIpc) is 3.04. The Hall–Kier alpha value is -2.35. The number of hydrogen-bond donors (Lipinski definition) is 2. The zero-order chi connectivity index (χ0) is 17.8. The molecule has 3 aromatic rings. The van der Waals surface area contributed by atoms with Crippen LogP contribution in [0.3, 0.4) is 0 Å². The number of para-hydroxylation sites is 1. The van der Waals surface area contributed by atoms with Gasteiger partial charge in [-0.1, -0.05) is 65.8 Å². The molecular formula is C17H14ClN3O3S. The largest absolute Gasteiger partial charge is 0.481 e. The first-order valence-corrected chi connectivity index (χ1v) is 8.72. The molecule has 1 heterocycles. The van der Waals surface area contributed by atoms with Crippen LogP contribution in [0.1, 0.15) is 17.5 Å². The third-order valence-electron chi connectivity index (χ3n) is 3.44. The predicted molar refractivity (Wildman–Crippen MR) is 95.2 cm³/mol. The van der Waals surface area contributed by atoms with Gasteiger partial charge in [-0.3, -0.25) is 9.36 Å². The molecule has 1 aromatic heterocycles. The van der Waals surface area contributed by atoms with Crippen LogP contribution in [0.2, 0.25) is 5.02 Å².